The molecule has 1 aromatic rings. The monoisotopic (exact) mass is 185 g/mol. The van der Waals surface area contributed by atoms with Gasteiger partial charge in [0.15, 0.2) is 11.5 Å². The molecule has 1 aliphatic rings. The molecule has 0 atom stereocenters. The zero-order valence-corrected chi connectivity index (χ0v) is 7.10. The molecule has 0 bridgehead atoms. The molecule has 1 aromatic carbocycles. The van der Waals surface area contributed by atoms with Crippen molar-refractivity contribution in [3.63, 3.8) is 0 Å². The van der Waals surface area contributed by atoms with Gasteiger partial charge in [-0.25, -0.2) is 0 Å². The Labute approximate surface area is 75.0 Å². The molecule has 64 valence electrons. The molecule has 3 nitrogen and oxygen atoms in total. The maximum Gasteiger partial charge on any atom is 0.185 e. The minimum atomic E-state index is 0.453. The third kappa shape index (κ3) is 1.06. The normalized spacial score (nSPS) is 14.4. The van der Waals surface area contributed by atoms with E-state index in [9.17, 15) is 0 Å². The summed E-state index contributed by atoms with van der Waals surface area (Å²) in [4.78, 5) is 0. The van der Waals surface area contributed by atoms with E-state index >= 15 is 0 Å². The number of anilines is 1. The average Bonchev–Trinajstić information content (AvgIpc) is 2.12. The predicted octanol–water partition coefficient (Wildman–Crippen LogP) is 1.69. The summed E-state index contributed by atoms with van der Waals surface area (Å²) in [5.74, 6) is 1.23. The Morgan fingerprint density at radius 1 is 1.25 bits per heavy atom. The van der Waals surface area contributed by atoms with E-state index in [1.54, 1.807) is 12.1 Å². The van der Waals surface area contributed by atoms with Crippen molar-refractivity contribution in [2.24, 2.45) is 0 Å². The Kier molecular flexibility index (Phi) is 1.73. The van der Waals surface area contributed by atoms with Crippen molar-refractivity contribution in [3.8, 4) is 11.5 Å². The summed E-state index contributed by atoms with van der Waals surface area (Å²) >= 11 is 5.79. The van der Waals surface area contributed by atoms with Crippen molar-refractivity contribution in [3.05, 3.63) is 17.2 Å². The first-order valence-corrected chi connectivity index (χ1v) is 4.00. The van der Waals surface area contributed by atoms with Crippen molar-refractivity contribution >= 4 is 17.3 Å². The third-order valence-corrected chi connectivity index (χ3v) is 2.02. The van der Waals surface area contributed by atoms with Gasteiger partial charge in [-0.3, -0.25) is 0 Å². The number of fused-ring (bicyclic) bond motifs is 1. The van der Waals surface area contributed by atoms with Gasteiger partial charge in [-0.1, -0.05) is 11.6 Å². The van der Waals surface area contributed by atoms with Gasteiger partial charge in [0.1, 0.15) is 13.2 Å². The Morgan fingerprint density at radius 3 is 2.83 bits per heavy atom. The lowest BCUT2D eigenvalue weighted by Crippen LogP contribution is -2.16. The number of nitrogens with two attached hydrogens (primary N) is 1. The molecule has 4 heteroatoms. The molecule has 1 aliphatic heterocycles. The molecular formula is C8H8ClNO2. The van der Waals surface area contributed by atoms with Crippen molar-refractivity contribution in [2.45, 2.75) is 0 Å². The predicted molar refractivity (Wildman–Crippen MR) is 46.9 cm³/mol. The second-order valence-corrected chi connectivity index (χ2v) is 2.89. The molecule has 0 aromatic heterocycles. The van der Waals surface area contributed by atoms with Gasteiger partial charge in [-0.05, 0) is 12.1 Å². The van der Waals surface area contributed by atoms with Crippen molar-refractivity contribution in [1.29, 1.82) is 0 Å². The minimum Gasteiger partial charge on any atom is -0.486 e. The molecule has 0 radical (unpaired) electrons. The first kappa shape index (κ1) is 7.55. The highest BCUT2D eigenvalue weighted by Crippen LogP contribution is 2.39. The van der Waals surface area contributed by atoms with Crippen LogP contribution in [0.1, 0.15) is 0 Å². The largest absolute Gasteiger partial charge is 0.486 e. The summed E-state index contributed by atoms with van der Waals surface area (Å²) in [5.41, 5.74) is 6.12. The summed E-state index contributed by atoms with van der Waals surface area (Å²) < 4.78 is 10.6. The second-order valence-electron chi connectivity index (χ2n) is 2.49. The fourth-order valence-electron chi connectivity index (χ4n) is 1.11. The first-order valence-electron chi connectivity index (χ1n) is 3.62. The van der Waals surface area contributed by atoms with Crippen LogP contribution in [0, 0.1) is 0 Å². The van der Waals surface area contributed by atoms with Crippen LogP contribution in [0.15, 0.2) is 12.1 Å². The van der Waals surface area contributed by atoms with Crippen LogP contribution in [0.4, 0.5) is 5.69 Å². The van der Waals surface area contributed by atoms with Gasteiger partial charge in [0.25, 0.3) is 0 Å². The number of hydrogen-bond acceptors (Lipinski definition) is 3. The topological polar surface area (TPSA) is 44.5 Å². The highest BCUT2D eigenvalue weighted by atomic mass is 35.5. The summed E-state index contributed by atoms with van der Waals surface area (Å²) in [6, 6.07) is 3.46. The quantitative estimate of drug-likeness (QED) is 0.626. The summed E-state index contributed by atoms with van der Waals surface area (Å²) in [5, 5.41) is 0.499. The molecule has 0 saturated carbocycles. The number of ether oxygens (including phenoxy) is 2. The fourth-order valence-corrected chi connectivity index (χ4v) is 1.26. The smallest absolute Gasteiger partial charge is 0.185 e. The number of hydrogen-bond donors (Lipinski definition) is 1. The highest BCUT2D eigenvalue weighted by Gasteiger charge is 2.15. The number of benzene rings is 1. The molecule has 12 heavy (non-hydrogen) atoms. The van der Waals surface area contributed by atoms with Crippen LogP contribution < -0.4 is 15.2 Å². The van der Waals surface area contributed by atoms with Gasteiger partial charge in [0.05, 0.1) is 10.7 Å². The molecule has 2 N–H and O–H groups in total. The molecule has 2 rings (SSSR count). The standard InChI is InChI=1S/C8H8ClNO2/c9-5-1-2-6-8(7(5)10)12-4-3-11-6/h1-2H,3-4,10H2. The van der Waals surface area contributed by atoms with E-state index in [2.05, 4.69) is 0 Å². The Balaban J connectivity index is 2.54. The maximum atomic E-state index is 5.79. The van der Waals surface area contributed by atoms with Crippen LogP contribution in [0.3, 0.4) is 0 Å². The lowest BCUT2D eigenvalue weighted by molar-refractivity contribution is 0.172. The average molecular weight is 186 g/mol. The number of halogens is 1. The molecule has 1 heterocycles. The first-order chi connectivity index (χ1) is 5.79. The van der Waals surface area contributed by atoms with Crippen LogP contribution in [0.2, 0.25) is 5.02 Å². The van der Waals surface area contributed by atoms with Gasteiger partial charge in [-0.2, -0.15) is 0 Å². The van der Waals surface area contributed by atoms with Crippen LogP contribution in [0.25, 0.3) is 0 Å². The summed E-state index contributed by atoms with van der Waals surface area (Å²) in [7, 11) is 0. The molecule has 0 spiro atoms. The van der Waals surface area contributed by atoms with E-state index < -0.39 is 0 Å². The second kappa shape index (κ2) is 2.75. The summed E-state index contributed by atoms with van der Waals surface area (Å²) in [6.45, 7) is 1.09. The molecule has 0 aliphatic carbocycles. The van der Waals surface area contributed by atoms with Crippen LogP contribution in [-0.4, -0.2) is 13.2 Å². The molecule has 0 saturated heterocycles. The number of rotatable bonds is 0. The van der Waals surface area contributed by atoms with Crippen LogP contribution in [0.5, 0.6) is 11.5 Å². The van der Waals surface area contributed by atoms with Gasteiger partial charge in [0, 0.05) is 0 Å². The number of nitrogen functional groups attached to an aromatic ring is 1. The van der Waals surface area contributed by atoms with E-state index in [1.165, 1.54) is 0 Å². The van der Waals surface area contributed by atoms with Gasteiger partial charge in [0.2, 0.25) is 0 Å². The SMILES string of the molecule is Nc1c(Cl)ccc2c1OCCO2. The fraction of sp³-hybridized carbons (Fsp3) is 0.250. The van der Waals surface area contributed by atoms with Crippen LogP contribution in [-0.2, 0) is 0 Å². The molecular weight excluding hydrogens is 178 g/mol. The minimum absolute atomic E-state index is 0.453. The lowest BCUT2D eigenvalue weighted by Gasteiger charge is -2.19. The molecule has 0 amide bonds. The van der Waals surface area contributed by atoms with Gasteiger partial charge < -0.3 is 15.2 Å². The third-order valence-electron chi connectivity index (χ3n) is 1.69. The zero-order chi connectivity index (χ0) is 8.55. The van der Waals surface area contributed by atoms with E-state index in [0.29, 0.717) is 35.4 Å². The van der Waals surface area contributed by atoms with E-state index in [-0.39, 0.29) is 0 Å². The van der Waals surface area contributed by atoms with Crippen molar-refractivity contribution in [1.82, 2.24) is 0 Å². The zero-order valence-electron chi connectivity index (χ0n) is 6.34. The van der Waals surface area contributed by atoms with Gasteiger partial charge >= 0.3 is 0 Å². The molecule has 0 unspecified atom stereocenters. The summed E-state index contributed by atoms with van der Waals surface area (Å²) in [6.07, 6.45) is 0. The van der Waals surface area contributed by atoms with E-state index in [1.807, 2.05) is 0 Å². The lowest BCUT2D eigenvalue weighted by atomic mass is 10.2. The Morgan fingerprint density at radius 2 is 2.00 bits per heavy atom. The van der Waals surface area contributed by atoms with Crippen molar-refractivity contribution < 1.29 is 9.47 Å². The van der Waals surface area contributed by atoms with Gasteiger partial charge in [-0.15, -0.1) is 0 Å². The maximum absolute atomic E-state index is 5.79. The van der Waals surface area contributed by atoms with E-state index in [0.717, 1.165) is 0 Å². The highest BCUT2D eigenvalue weighted by molar-refractivity contribution is 6.33. The Hall–Kier alpha value is -1.09. The van der Waals surface area contributed by atoms with Crippen LogP contribution >= 0.6 is 11.6 Å². The molecule has 0 fully saturated rings. The Bertz CT molecular complexity index is 314. The van der Waals surface area contributed by atoms with Crippen molar-refractivity contribution in [2.75, 3.05) is 18.9 Å². The van der Waals surface area contributed by atoms with E-state index in [4.69, 9.17) is 26.8 Å².